The predicted octanol–water partition coefficient (Wildman–Crippen LogP) is 3.26. The summed E-state index contributed by atoms with van der Waals surface area (Å²) in [4.78, 5) is 0. The zero-order valence-electron chi connectivity index (χ0n) is 9.35. The second-order valence-corrected chi connectivity index (χ2v) is 4.60. The molecular weight excluding hydrogens is 240 g/mol. The molecule has 0 heterocycles. The van der Waals surface area contributed by atoms with Crippen LogP contribution in [0.1, 0.15) is 12.0 Å². The van der Waals surface area contributed by atoms with Gasteiger partial charge in [0.2, 0.25) is 4.38 Å². The van der Waals surface area contributed by atoms with E-state index in [0.29, 0.717) is 24.2 Å². The van der Waals surface area contributed by atoms with Gasteiger partial charge in [0.15, 0.2) is 0 Å². The zero-order valence-corrected chi connectivity index (χ0v) is 11.0. The topological polar surface area (TPSA) is 18.5 Å². The Morgan fingerprint density at radius 2 is 2.00 bits per heavy atom. The first-order valence-corrected chi connectivity index (χ1v) is 6.78. The van der Waals surface area contributed by atoms with Gasteiger partial charge in [-0.3, -0.25) is 0 Å². The Bertz CT molecular complexity index is 301. The van der Waals surface area contributed by atoms with Gasteiger partial charge in [0, 0.05) is 6.42 Å². The summed E-state index contributed by atoms with van der Waals surface area (Å²) in [7, 11) is 0. The van der Waals surface area contributed by atoms with E-state index >= 15 is 0 Å². The van der Waals surface area contributed by atoms with E-state index < -0.39 is 0 Å². The molecule has 16 heavy (non-hydrogen) atoms. The van der Waals surface area contributed by atoms with Gasteiger partial charge in [-0.25, -0.2) is 0 Å². The van der Waals surface area contributed by atoms with E-state index in [1.54, 1.807) is 0 Å². The molecule has 0 bridgehead atoms. The van der Waals surface area contributed by atoms with Crippen molar-refractivity contribution in [3.63, 3.8) is 0 Å². The van der Waals surface area contributed by atoms with Crippen LogP contribution in [-0.4, -0.2) is 23.9 Å². The number of ether oxygens (including phenoxy) is 2. The van der Waals surface area contributed by atoms with Crippen molar-refractivity contribution >= 4 is 28.4 Å². The highest BCUT2D eigenvalue weighted by atomic mass is 32.2. The van der Waals surface area contributed by atoms with Gasteiger partial charge < -0.3 is 9.47 Å². The molecule has 0 aliphatic rings. The number of thiocarbonyl (C=S) groups is 1. The van der Waals surface area contributed by atoms with Crippen LogP contribution in [0.25, 0.3) is 0 Å². The molecule has 1 aromatic rings. The Morgan fingerprint density at radius 3 is 2.69 bits per heavy atom. The molecule has 0 radical (unpaired) electrons. The van der Waals surface area contributed by atoms with Crippen molar-refractivity contribution in [3.8, 4) is 0 Å². The van der Waals surface area contributed by atoms with E-state index in [4.69, 9.17) is 21.7 Å². The number of hydrogen-bond acceptors (Lipinski definition) is 4. The Morgan fingerprint density at radius 1 is 1.25 bits per heavy atom. The van der Waals surface area contributed by atoms with Gasteiger partial charge in [0.25, 0.3) is 0 Å². The molecule has 0 saturated carbocycles. The van der Waals surface area contributed by atoms with Crippen molar-refractivity contribution in [3.05, 3.63) is 35.9 Å². The summed E-state index contributed by atoms with van der Waals surface area (Å²) in [6.07, 6.45) is 2.78. The molecule has 2 nitrogen and oxygen atoms in total. The molecule has 0 aliphatic heterocycles. The maximum atomic E-state index is 5.51. The summed E-state index contributed by atoms with van der Waals surface area (Å²) in [6, 6.07) is 10.1. The fourth-order valence-electron chi connectivity index (χ4n) is 1.14. The SMILES string of the molecule is CSC(=S)OCCCOCc1ccccc1. The van der Waals surface area contributed by atoms with Crippen LogP contribution in [0.2, 0.25) is 0 Å². The molecule has 0 amide bonds. The summed E-state index contributed by atoms with van der Waals surface area (Å²) >= 11 is 6.36. The molecule has 1 rings (SSSR count). The van der Waals surface area contributed by atoms with Crippen molar-refractivity contribution < 1.29 is 9.47 Å². The lowest BCUT2D eigenvalue weighted by Crippen LogP contribution is -2.03. The molecule has 0 aromatic heterocycles. The molecule has 0 aliphatic carbocycles. The van der Waals surface area contributed by atoms with Crippen LogP contribution in [0.3, 0.4) is 0 Å². The molecule has 1 aromatic carbocycles. The van der Waals surface area contributed by atoms with Gasteiger partial charge in [-0.05, 0) is 24.0 Å². The summed E-state index contributed by atoms with van der Waals surface area (Å²) in [6.45, 7) is 1.99. The van der Waals surface area contributed by atoms with Crippen LogP contribution in [0.4, 0.5) is 0 Å². The van der Waals surface area contributed by atoms with Gasteiger partial charge in [0.1, 0.15) is 0 Å². The zero-order chi connectivity index (χ0) is 11.6. The van der Waals surface area contributed by atoms with Gasteiger partial charge >= 0.3 is 0 Å². The molecule has 0 saturated heterocycles. The maximum Gasteiger partial charge on any atom is 0.219 e. The molecular formula is C12H16O2S2. The molecule has 0 atom stereocenters. The van der Waals surface area contributed by atoms with E-state index in [9.17, 15) is 0 Å². The number of benzene rings is 1. The highest BCUT2D eigenvalue weighted by Crippen LogP contribution is 2.02. The first-order chi connectivity index (χ1) is 7.83. The molecule has 0 unspecified atom stereocenters. The molecule has 4 heteroatoms. The first kappa shape index (κ1) is 13.5. The maximum absolute atomic E-state index is 5.51. The van der Waals surface area contributed by atoms with E-state index in [1.807, 2.05) is 24.5 Å². The van der Waals surface area contributed by atoms with E-state index in [0.717, 1.165) is 6.42 Å². The quantitative estimate of drug-likeness (QED) is 0.574. The first-order valence-electron chi connectivity index (χ1n) is 5.15. The highest BCUT2D eigenvalue weighted by molar-refractivity contribution is 8.22. The Kier molecular flexibility index (Phi) is 7.21. The molecule has 88 valence electrons. The van der Waals surface area contributed by atoms with Crippen LogP contribution < -0.4 is 0 Å². The summed E-state index contributed by atoms with van der Waals surface area (Å²) in [5.41, 5.74) is 1.20. The van der Waals surface area contributed by atoms with Crippen molar-refractivity contribution in [2.75, 3.05) is 19.5 Å². The lowest BCUT2D eigenvalue weighted by molar-refractivity contribution is 0.107. The van der Waals surface area contributed by atoms with Crippen molar-refractivity contribution in [2.45, 2.75) is 13.0 Å². The van der Waals surface area contributed by atoms with E-state index in [2.05, 4.69) is 12.1 Å². The fourth-order valence-corrected chi connectivity index (χ4v) is 1.42. The molecule has 0 fully saturated rings. The Hall–Kier alpha value is -0.580. The lowest BCUT2D eigenvalue weighted by atomic mass is 10.2. The highest BCUT2D eigenvalue weighted by Gasteiger charge is 1.95. The monoisotopic (exact) mass is 256 g/mol. The minimum atomic E-state index is 0.600. The third-order valence-electron chi connectivity index (χ3n) is 1.93. The summed E-state index contributed by atoms with van der Waals surface area (Å²) in [5.74, 6) is 0. The predicted molar refractivity (Wildman–Crippen MR) is 72.8 cm³/mol. The van der Waals surface area contributed by atoms with Crippen LogP contribution >= 0.6 is 24.0 Å². The Balaban J connectivity index is 1.98. The van der Waals surface area contributed by atoms with E-state index in [-0.39, 0.29) is 0 Å². The van der Waals surface area contributed by atoms with Gasteiger partial charge in [0.05, 0.1) is 19.8 Å². The third-order valence-corrected chi connectivity index (χ3v) is 3.00. The standard InChI is InChI=1S/C12H16O2S2/c1-16-12(15)14-9-5-8-13-10-11-6-3-2-4-7-11/h2-4,6-7H,5,8-10H2,1H3. The van der Waals surface area contributed by atoms with Crippen molar-refractivity contribution in [1.82, 2.24) is 0 Å². The number of rotatable bonds is 6. The van der Waals surface area contributed by atoms with Crippen molar-refractivity contribution in [1.29, 1.82) is 0 Å². The van der Waals surface area contributed by atoms with E-state index in [1.165, 1.54) is 17.3 Å². The second-order valence-electron chi connectivity index (χ2n) is 3.19. The normalized spacial score (nSPS) is 10.1. The number of thioether (sulfide) groups is 1. The molecule has 0 spiro atoms. The fraction of sp³-hybridized carbons (Fsp3) is 0.417. The largest absolute Gasteiger partial charge is 0.479 e. The third kappa shape index (κ3) is 6.10. The minimum Gasteiger partial charge on any atom is -0.479 e. The van der Waals surface area contributed by atoms with Crippen LogP contribution in [0.15, 0.2) is 30.3 Å². The number of hydrogen-bond donors (Lipinski definition) is 0. The van der Waals surface area contributed by atoms with Gasteiger partial charge in [-0.2, -0.15) is 0 Å². The van der Waals surface area contributed by atoms with Crippen LogP contribution in [-0.2, 0) is 16.1 Å². The lowest BCUT2D eigenvalue weighted by Gasteiger charge is -2.06. The van der Waals surface area contributed by atoms with Crippen LogP contribution in [0, 0.1) is 0 Å². The van der Waals surface area contributed by atoms with Gasteiger partial charge in [-0.15, -0.1) is 0 Å². The smallest absolute Gasteiger partial charge is 0.219 e. The second kappa shape index (κ2) is 8.56. The van der Waals surface area contributed by atoms with Gasteiger partial charge in [-0.1, -0.05) is 42.1 Å². The average Bonchev–Trinajstić information content (AvgIpc) is 2.34. The minimum absolute atomic E-state index is 0.600. The summed E-state index contributed by atoms with van der Waals surface area (Å²) < 4.78 is 11.4. The average molecular weight is 256 g/mol. The van der Waals surface area contributed by atoms with Crippen molar-refractivity contribution in [2.24, 2.45) is 0 Å². The summed E-state index contributed by atoms with van der Waals surface area (Å²) in [5, 5.41) is 0. The van der Waals surface area contributed by atoms with Crippen LogP contribution in [0.5, 0.6) is 0 Å². The Labute approximate surface area is 106 Å². The molecule has 0 N–H and O–H groups in total.